The van der Waals surface area contributed by atoms with Gasteiger partial charge in [-0.15, -0.1) is 0 Å². The Morgan fingerprint density at radius 1 is 1.15 bits per heavy atom. The van der Waals surface area contributed by atoms with E-state index in [4.69, 9.17) is 9.47 Å². The lowest BCUT2D eigenvalue weighted by Gasteiger charge is -2.27. The van der Waals surface area contributed by atoms with Crippen LogP contribution in [-0.4, -0.2) is 59.4 Å². The molecule has 4 heterocycles. The predicted molar refractivity (Wildman–Crippen MR) is 123 cm³/mol. The SMILES string of the molecule is Cc1cnc(NC(=O)C(COC2CCC2)Oc2ncnc3c2cnn3-c2cccnc2C)cn1. The van der Waals surface area contributed by atoms with Crippen LogP contribution < -0.4 is 10.1 Å². The largest absolute Gasteiger partial charge is 0.461 e. The lowest BCUT2D eigenvalue weighted by Crippen LogP contribution is -2.39. The van der Waals surface area contributed by atoms with Crippen LogP contribution in [0.1, 0.15) is 30.7 Å². The number of fused-ring (bicyclic) bond motifs is 1. The molecule has 174 valence electrons. The molecule has 1 amide bonds. The maximum atomic E-state index is 13.1. The number of nitrogens with zero attached hydrogens (tertiary/aromatic N) is 7. The van der Waals surface area contributed by atoms with E-state index in [2.05, 4.69) is 35.3 Å². The van der Waals surface area contributed by atoms with Gasteiger partial charge in [0.25, 0.3) is 5.91 Å². The van der Waals surface area contributed by atoms with Gasteiger partial charge in [0.15, 0.2) is 11.5 Å². The van der Waals surface area contributed by atoms with Gasteiger partial charge in [-0.25, -0.2) is 19.6 Å². The summed E-state index contributed by atoms with van der Waals surface area (Å²) in [4.78, 5) is 34.4. The molecule has 5 rings (SSSR count). The van der Waals surface area contributed by atoms with Gasteiger partial charge in [-0.05, 0) is 45.2 Å². The Balaban J connectivity index is 1.41. The molecule has 0 radical (unpaired) electrons. The fourth-order valence-corrected chi connectivity index (χ4v) is 3.52. The van der Waals surface area contributed by atoms with E-state index in [1.165, 1.54) is 12.5 Å². The number of amides is 1. The van der Waals surface area contributed by atoms with Crippen LogP contribution in [0.2, 0.25) is 0 Å². The smallest absolute Gasteiger partial charge is 0.269 e. The van der Waals surface area contributed by atoms with Crippen molar-refractivity contribution in [3.05, 3.63) is 54.6 Å². The minimum atomic E-state index is -0.953. The molecule has 0 aromatic carbocycles. The molecule has 1 atom stereocenters. The molecule has 1 unspecified atom stereocenters. The highest BCUT2D eigenvalue weighted by molar-refractivity contribution is 5.94. The maximum Gasteiger partial charge on any atom is 0.269 e. The summed E-state index contributed by atoms with van der Waals surface area (Å²) >= 11 is 0. The van der Waals surface area contributed by atoms with E-state index in [9.17, 15) is 4.79 Å². The molecule has 1 aliphatic carbocycles. The van der Waals surface area contributed by atoms with Gasteiger partial charge in [0.1, 0.15) is 11.7 Å². The monoisotopic (exact) mass is 460 g/mol. The Bertz CT molecular complexity index is 1300. The highest BCUT2D eigenvalue weighted by atomic mass is 16.5. The Labute approximate surface area is 195 Å². The van der Waals surface area contributed by atoms with Gasteiger partial charge in [0.2, 0.25) is 12.0 Å². The molecule has 1 saturated carbocycles. The van der Waals surface area contributed by atoms with E-state index in [-0.39, 0.29) is 18.6 Å². The van der Waals surface area contributed by atoms with E-state index in [0.717, 1.165) is 36.3 Å². The molecule has 0 bridgehead atoms. The molecule has 0 aliphatic heterocycles. The summed E-state index contributed by atoms with van der Waals surface area (Å²) in [7, 11) is 0. The third-order valence-corrected chi connectivity index (χ3v) is 5.65. The van der Waals surface area contributed by atoms with Gasteiger partial charge < -0.3 is 14.8 Å². The lowest BCUT2D eigenvalue weighted by molar-refractivity contribution is -0.128. The Morgan fingerprint density at radius 2 is 2.03 bits per heavy atom. The van der Waals surface area contributed by atoms with E-state index in [0.29, 0.717) is 16.9 Å². The maximum absolute atomic E-state index is 13.1. The summed E-state index contributed by atoms with van der Waals surface area (Å²) < 4.78 is 13.7. The number of hydrogen-bond donors (Lipinski definition) is 1. The molecule has 11 heteroatoms. The molecule has 4 aromatic heterocycles. The number of carbonyl (C=O) groups excluding carboxylic acids is 1. The second kappa shape index (κ2) is 9.48. The number of aromatic nitrogens is 7. The van der Waals surface area contributed by atoms with Crippen LogP contribution in [-0.2, 0) is 9.53 Å². The number of rotatable bonds is 8. The van der Waals surface area contributed by atoms with Crippen LogP contribution in [0.4, 0.5) is 5.82 Å². The van der Waals surface area contributed by atoms with Crippen molar-refractivity contribution in [1.82, 2.24) is 34.7 Å². The number of hydrogen-bond acceptors (Lipinski definition) is 9. The van der Waals surface area contributed by atoms with Gasteiger partial charge in [0, 0.05) is 6.20 Å². The van der Waals surface area contributed by atoms with Crippen molar-refractivity contribution < 1.29 is 14.3 Å². The van der Waals surface area contributed by atoms with Gasteiger partial charge >= 0.3 is 0 Å². The van der Waals surface area contributed by atoms with E-state index < -0.39 is 12.0 Å². The summed E-state index contributed by atoms with van der Waals surface area (Å²) in [6.07, 6.45) is 10.1. The molecule has 0 saturated heterocycles. The van der Waals surface area contributed by atoms with Crippen LogP contribution in [0.3, 0.4) is 0 Å². The van der Waals surface area contributed by atoms with Crippen LogP contribution in [0.25, 0.3) is 16.7 Å². The summed E-state index contributed by atoms with van der Waals surface area (Å²) in [5, 5.41) is 7.77. The highest BCUT2D eigenvalue weighted by Crippen LogP contribution is 2.26. The second-order valence-corrected chi connectivity index (χ2v) is 8.11. The number of pyridine rings is 1. The third-order valence-electron chi connectivity index (χ3n) is 5.65. The summed E-state index contributed by atoms with van der Waals surface area (Å²) in [6, 6.07) is 3.74. The molecular weight excluding hydrogens is 436 g/mol. The van der Waals surface area contributed by atoms with Crippen LogP contribution in [0.5, 0.6) is 5.88 Å². The number of carbonyl (C=O) groups is 1. The average Bonchev–Trinajstić information content (AvgIpc) is 3.24. The van der Waals surface area contributed by atoms with Crippen LogP contribution in [0.15, 0.2) is 43.2 Å². The van der Waals surface area contributed by atoms with E-state index >= 15 is 0 Å². The summed E-state index contributed by atoms with van der Waals surface area (Å²) in [5.74, 6) is 0.172. The van der Waals surface area contributed by atoms with Crippen LogP contribution >= 0.6 is 0 Å². The second-order valence-electron chi connectivity index (χ2n) is 8.11. The van der Waals surface area contributed by atoms with Crippen molar-refractivity contribution in [2.45, 2.75) is 45.3 Å². The van der Waals surface area contributed by atoms with E-state index in [1.54, 1.807) is 23.3 Å². The fraction of sp³-hybridized carbons (Fsp3) is 0.348. The zero-order chi connectivity index (χ0) is 23.5. The number of nitrogens with one attached hydrogen (secondary N) is 1. The zero-order valence-corrected chi connectivity index (χ0v) is 18.9. The molecule has 1 aliphatic rings. The first-order valence-corrected chi connectivity index (χ1v) is 11.1. The van der Waals surface area contributed by atoms with Crippen molar-refractivity contribution >= 4 is 22.8 Å². The first kappa shape index (κ1) is 21.8. The minimum Gasteiger partial charge on any atom is -0.461 e. The Morgan fingerprint density at radius 3 is 2.76 bits per heavy atom. The predicted octanol–water partition coefficient (Wildman–Crippen LogP) is 2.57. The normalized spacial score (nSPS) is 14.5. The molecule has 34 heavy (non-hydrogen) atoms. The van der Waals surface area contributed by atoms with E-state index in [1.807, 2.05) is 26.0 Å². The minimum absolute atomic E-state index is 0.0805. The molecule has 1 fully saturated rings. The molecular formula is C23H24N8O3. The van der Waals surface area contributed by atoms with Gasteiger partial charge in [-0.1, -0.05) is 0 Å². The first-order chi connectivity index (χ1) is 16.6. The number of anilines is 1. The molecule has 0 spiro atoms. The lowest BCUT2D eigenvalue weighted by atomic mass is 9.96. The topological polar surface area (TPSA) is 130 Å². The Kier molecular flexibility index (Phi) is 6.09. The number of ether oxygens (including phenoxy) is 2. The zero-order valence-electron chi connectivity index (χ0n) is 18.9. The summed E-state index contributed by atoms with van der Waals surface area (Å²) in [6.45, 7) is 3.80. The molecule has 4 aromatic rings. The third kappa shape index (κ3) is 4.55. The molecule has 11 nitrogen and oxygen atoms in total. The summed E-state index contributed by atoms with van der Waals surface area (Å²) in [5.41, 5.74) is 2.90. The quantitative estimate of drug-likeness (QED) is 0.421. The molecule has 1 N–H and O–H groups in total. The first-order valence-electron chi connectivity index (χ1n) is 11.1. The highest BCUT2D eigenvalue weighted by Gasteiger charge is 2.27. The van der Waals surface area contributed by atoms with Gasteiger partial charge in [0.05, 0.1) is 48.4 Å². The average molecular weight is 460 g/mol. The van der Waals surface area contributed by atoms with Crippen molar-refractivity contribution in [3.63, 3.8) is 0 Å². The standard InChI is InChI=1S/C23H24N8O3/c1-14-9-26-20(11-25-14)30-22(32)19(12-33-16-5-3-6-16)34-23-17-10-29-31(21(17)27-13-28-23)18-7-4-8-24-15(18)2/h4,7-11,13,16,19H,3,5-6,12H2,1-2H3,(H,26,30,32). The fourth-order valence-electron chi connectivity index (χ4n) is 3.52. The van der Waals surface area contributed by atoms with Crippen molar-refractivity contribution in [3.8, 4) is 11.6 Å². The van der Waals surface area contributed by atoms with Crippen molar-refractivity contribution in [2.24, 2.45) is 0 Å². The van der Waals surface area contributed by atoms with Gasteiger partial charge in [-0.2, -0.15) is 5.10 Å². The van der Waals surface area contributed by atoms with Gasteiger partial charge in [-0.3, -0.25) is 14.8 Å². The van der Waals surface area contributed by atoms with Crippen molar-refractivity contribution in [1.29, 1.82) is 0 Å². The van der Waals surface area contributed by atoms with Crippen molar-refractivity contribution in [2.75, 3.05) is 11.9 Å². The van der Waals surface area contributed by atoms with Crippen LogP contribution in [0, 0.1) is 13.8 Å². The number of aryl methyl sites for hydroxylation is 2. The Hall–Kier alpha value is -3.99.